The van der Waals surface area contributed by atoms with Crippen LogP contribution in [-0.4, -0.2) is 41.3 Å². The van der Waals surface area contributed by atoms with Gasteiger partial charge < -0.3 is 9.47 Å². The van der Waals surface area contributed by atoms with E-state index in [9.17, 15) is 9.59 Å². The van der Waals surface area contributed by atoms with Crippen LogP contribution in [0.25, 0.3) is 0 Å². The SMILES string of the molecule is CC(C)(C)OC(=O)N1CCOC(=O)C1(C)C. The van der Waals surface area contributed by atoms with Gasteiger partial charge >= 0.3 is 12.1 Å². The zero-order valence-corrected chi connectivity index (χ0v) is 10.5. The van der Waals surface area contributed by atoms with E-state index in [1.165, 1.54) is 4.90 Å². The highest BCUT2D eigenvalue weighted by Crippen LogP contribution is 2.23. The number of carbonyl (C=O) groups is 2. The van der Waals surface area contributed by atoms with Crippen molar-refractivity contribution in [1.82, 2.24) is 4.90 Å². The first-order valence-electron chi connectivity index (χ1n) is 5.32. The molecule has 0 spiro atoms. The molecule has 1 rings (SSSR count). The lowest BCUT2D eigenvalue weighted by Crippen LogP contribution is -2.59. The Morgan fingerprint density at radius 2 is 2.00 bits per heavy atom. The van der Waals surface area contributed by atoms with E-state index in [0.717, 1.165) is 0 Å². The van der Waals surface area contributed by atoms with Crippen molar-refractivity contribution in [3.05, 3.63) is 0 Å². The van der Waals surface area contributed by atoms with Gasteiger partial charge in [0.25, 0.3) is 0 Å². The van der Waals surface area contributed by atoms with E-state index in [-0.39, 0.29) is 6.61 Å². The van der Waals surface area contributed by atoms with Gasteiger partial charge in [-0.25, -0.2) is 9.59 Å². The Morgan fingerprint density at radius 1 is 1.44 bits per heavy atom. The van der Waals surface area contributed by atoms with Crippen molar-refractivity contribution in [2.24, 2.45) is 0 Å². The number of rotatable bonds is 0. The molecule has 0 aliphatic carbocycles. The van der Waals surface area contributed by atoms with Crippen LogP contribution in [0.3, 0.4) is 0 Å². The van der Waals surface area contributed by atoms with Crippen LogP contribution in [0.4, 0.5) is 4.79 Å². The number of nitrogens with zero attached hydrogens (tertiary/aromatic N) is 1. The number of morpholine rings is 1. The van der Waals surface area contributed by atoms with Crippen molar-refractivity contribution >= 4 is 12.1 Å². The van der Waals surface area contributed by atoms with Crippen molar-refractivity contribution in [3.63, 3.8) is 0 Å². The summed E-state index contributed by atoms with van der Waals surface area (Å²) < 4.78 is 10.2. The van der Waals surface area contributed by atoms with E-state index in [1.807, 2.05) is 0 Å². The lowest BCUT2D eigenvalue weighted by Gasteiger charge is -2.40. The van der Waals surface area contributed by atoms with Gasteiger partial charge in [-0.05, 0) is 34.6 Å². The molecule has 5 nitrogen and oxygen atoms in total. The number of carbonyl (C=O) groups excluding carboxylic acids is 2. The molecule has 0 aromatic rings. The zero-order valence-electron chi connectivity index (χ0n) is 10.5. The number of ether oxygens (including phenoxy) is 2. The highest BCUT2D eigenvalue weighted by atomic mass is 16.6. The standard InChI is InChI=1S/C11H19NO4/c1-10(2,3)16-9(14)12-6-7-15-8(13)11(12,4)5/h6-7H2,1-5H3. The van der Waals surface area contributed by atoms with Crippen molar-refractivity contribution in [1.29, 1.82) is 0 Å². The second kappa shape index (κ2) is 3.96. The highest BCUT2D eigenvalue weighted by Gasteiger charge is 2.43. The molecule has 1 amide bonds. The van der Waals surface area contributed by atoms with E-state index in [2.05, 4.69) is 0 Å². The molecule has 5 heteroatoms. The van der Waals surface area contributed by atoms with Crippen LogP contribution >= 0.6 is 0 Å². The number of amides is 1. The quantitative estimate of drug-likeness (QED) is 0.591. The van der Waals surface area contributed by atoms with E-state index < -0.39 is 23.2 Å². The molecule has 0 N–H and O–H groups in total. The molecular weight excluding hydrogens is 210 g/mol. The van der Waals surface area contributed by atoms with Crippen LogP contribution in [0.5, 0.6) is 0 Å². The molecule has 0 saturated carbocycles. The lowest BCUT2D eigenvalue weighted by molar-refractivity contribution is -0.164. The molecule has 0 aromatic carbocycles. The summed E-state index contributed by atoms with van der Waals surface area (Å²) in [6.07, 6.45) is -0.478. The predicted molar refractivity (Wildman–Crippen MR) is 58.0 cm³/mol. The molecule has 1 aliphatic rings. The first kappa shape index (κ1) is 12.8. The minimum absolute atomic E-state index is 0.224. The predicted octanol–water partition coefficient (Wildman–Crippen LogP) is 1.56. The fourth-order valence-electron chi connectivity index (χ4n) is 1.43. The third-order valence-electron chi connectivity index (χ3n) is 2.34. The van der Waals surface area contributed by atoms with Gasteiger partial charge in [-0.15, -0.1) is 0 Å². The summed E-state index contributed by atoms with van der Waals surface area (Å²) in [4.78, 5) is 24.8. The summed E-state index contributed by atoms with van der Waals surface area (Å²) in [6, 6.07) is 0. The van der Waals surface area contributed by atoms with Gasteiger partial charge in [-0.1, -0.05) is 0 Å². The minimum atomic E-state index is -0.958. The number of hydrogen-bond donors (Lipinski definition) is 0. The Labute approximate surface area is 95.7 Å². The highest BCUT2D eigenvalue weighted by molar-refractivity contribution is 5.86. The van der Waals surface area contributed by atoms with Gasteiger partial charge in [0, 0.05) is 0 Å². The number of hydrogen-bond acceptors (Lipinski definition) is 4. The molecule has 0 bridgehead atoms. The summed E-state index contributed by atoms with van der Waals surface area (Å²) in [5.41, 5.74) is -1.52. The Bertz CT molecular complexity index is 304. The molecule has 1 saturated heterocycles. The fourth-order valence-corrected chi connectivity index (χ4v) is 1.43. The van der Waals surface area contributed by atoms with Gasteiger partial charge in [0.1, 0.15) is 17.7 Å². The Balaban J connectivity index is 2.79. The third-order valence-corrected chi connectivity index (χ3v) is 2.34. The van der Waals surface area contributed by atoms with E-state index >= 15 is 0 Å². The monoisotopic (exact) mass is 229 g/mol. The normalized spacial score (nSPS) is 20.3. The lowest BCUT2D eigenvalue weighted by atomic mass is 10.0. The molecule has 16 heavy (non-hydrogen) atoms. The van der Waals surface area contributed by atoms with E-state index in [0.29, 0.717) is 6.54 Å². The largest absolute Gasteiger partial charge is 0.462 e. The molecule has 0 aromatic heterocycles. The maximum Gasteiger partial charge on any atom is 0.411 e. The number of esters is 1. The first-order chi connectivity index (χ1) is 7.14. The summed E-state index contributed by atoms with van der Waals surface area (Å²) >= 11 is 0. The van der Waals surface area contributed by atoms with Crippen LogP contribution in [0.15, 0.2) is 0 Å². The average Bonchev–Trinajstić information content (AvgIpc) is 2.06. The maximum atomic E-state index is 11.9. The maximum absolute atomic E-state index is 11.9. The van der Waals surface area contributed by atoms with Crippen LogP contribution in [0.2, 0.25) is 0 Å². The van der Waals surface area contributed by atoms with Gasteiger partial charge in [-0.3, -0.25) is 4.90 Å². The Hall–Kier alpha value is -1.26. The topological polar surface area (TPSA) is 55.8 Å². The van der Waals surface area contributed by atoms with Crippen molar-refractivity contribution in [3.8, 4) is 0 Å². The van der Waals surface area contributed by atoms with Crippen LogP contribution in [0.1, 0.15) is 34.6 Å². The van der Waals surface area contributed by atoms with Gasteiger partial charge in [-0.2, -0.15) is 0 Å². The van der Waals surface area contributed by atoms with Crippen molar-refractivity contribution < 1.29 is 19.1 Å². The molecule has 0 radical (unpaired) electrons. The minimum Gasteiger partial charge on any atom is -0.462 e. The molecule has 1 aliphatic heterocycles. The first-order valence-corrected chi connectivity index (χ1v) is 5.32. The summed E-state index contributed by atoms with van der Waals surface area (Å²) in [7, 11) is 0. The van der Waals surface area contributed by atoms with Crippen LogP contribution < -0.4 is 0 Å². The van der Waals surface area contributed by atoms with Gasteiger partial charge in [0.05, 0.1) is 6.54 Å². The summed E-state index contributed by atoms with van der Waals surface area (Å²) in [5, 5.41) is 0. The molecule has 92 valence electrons. The van der Waals surface area contributed by atoms with E-state index in [1.54, 1.807) is 34.6 Å². The summed E-state index contributed by atoms with van der Waals surface area (Å²) in [5.74, 6) is -0.399. The average molecular weight is 229 g/mol. The Kier molecular flexibility index (Phi) is 3.17. The molecule has 0 unspecified atom stereocenters. The van der Waals surface area contributed by atoms with Gasteiger partial charge in [0.15, 0.2) is 0 Å². The zero-order chi connectivity index (χ0) is 12.6. The van der Waals surface area contributed by atoms with Crippen LogP contribution in [-0.2, 0) is 14.3 Å². The summed E-state index contributed by atoms with van der Waals surface area (Å²) in [6.45, 7) is 9.27. The van der Waals surface area contributed by atoms with Crippen molar-refractivity contribution in [2.45, 2.75) is 45.8 Å². The molecular formula is C11H19NO4. The fraction of sp³-hybridized carbons (Fsp3) is 0.818. The Morgan fingerprint density at radius 3 is 2.50 bits per heavy atom. The van der Waals surface area contributed by atoms with Crippen molar-refractivity contribution in [2.75, 3.05) is 13.2 Å². The van der Waals surface area contributed by atoms with E-state index in [4.69, 9.17) is 9.47 Å². The second-order valence-electron chi connectivity index (χ2n) is 5.33. The molecule has 1 fully saturated rings. The molecule has 0 atom stereocenters. The number of cyclic esters (lactones) is 1. The molecule has 1 heterocycles. The van der Waals surface area contributed by atoms with Crippen LogP contribution in [0, 0.1) is 0 Å². The second-order valence-corrected chi connectivity index (χ2v) is 5.33. The van der Waals surface area contributed by atoms with Gasteiger partial charge in [0.2, 0.25) is 0 Å². The smallest absolute Gasteiger partial charge is 0.411 e. The third kappa shape index (κ3) is 2.65.